The van der Waals surface area contributed by atoms with Gasteiger partial charge in [0, 0.05) is 5.92 Å². The molecule has 0 unspecified atom stereocenters. The van der Waals surface area contributed by atoms with Crippen molar-refractivity contribution in [1.82, 2.24) is 4.90 Å². The molecule has 0 spiro atoms. The highest BCUT2D eigenvalue weighted by Gasteiger charge is 2.56. The van der Waals surface area contributed by atoms with Crippen LogP contribution in [0.5, 0.6) is 0 Å². The van der Waals surface area contributed by atoms with Gasteiger partial charge in [-0.3, -0.25) is 9.59 Å². The van der Waals surface area contributed by atoms with Gasteiger partial charge >= 0.3 is 5.97 Å². The van der Waals surface area contributed by atoms with Crippen LogP contribution in [0.1, 0.15) is 49.6 Å². The van der Waals surface area contributed by atoms with Crippen molar-refractivity contribution in [3.05, 3.63) is 36.3 Å². The summed E-state index contributed by atoms with van der Waals surface area (Å²) in [6, 6.07) is 3.46. The number of furan rings is 1. The van der Waals surface area contributed by atoms with E-state index in [1.165, 1.54) is 29.6 Å². The quantitative estimate of drug-likeness (QED) is 0.608. The van der Waals surface area contributed by atoms with E-state index < -0.39 is 0 Å². The van der Waals surface area contributed by atoms with E-state index in [9.17, 15) is 9.59 Å². The molecular weight excluding hydrogens is 380 g/mol. The number of allylic oxidation sites excluding steroid dienone is 1. The van der Waals surface area contributed by atoms with Crippen LogP contribution >= 0.6 is 0 Å². The van der Waals surface area contributed by atoms with Crippen LogP contribution in [0.15, 0.2) is 35.0 Å². The zero-order valence-electron chi connectivity index (χ0n) is 17.9. The fourth-order valence-corrected chi connectivity index (χ4v) is 6.59. The predicted octanol–water partition coefficient (Wildman–Crippen LogP) is 1.93. The highest BCUT2D eigenvalue weighted by Crippen LogP contribution is 2.56. The molecule has 1 N–H and O–H groups in total. The predicted molar refractivity (Wildman–Crippen MR) is 111 cm³/mol. The average Bonchev–Trinajstić information content (AvgIpc) is 3.35. The van der Waals surface area contributed by atoms with Gasteiger partial charge in [0.15, 0.2) is 5.76 Å². The molecule has 2 aliphatic heterocycles. The summed E-state index contributed by atoms with van der Waals surface area (Å²) in [6.07, 6.45) is 7.22. The molecule has 4 aliphatic rings. The molecule has 2 saturated heterocycles. The third-order valence-corrected chi connectivity index (χ3v) is 8.32. The molecule has 2 aliphatic carbocycles. The Morgan fingerprint density at radius 3 is 2.90 bits per heavy atom. The van der Waals surface area contributed by atoms with Crippen molar-refractivity contribution in [2.75, 3.05) is 32.7 Å². The molecule has 5 rings (SSSR count). The monoisotopic (exact) mass is 413 g/mol. The number of nitrogens with zero attached hydrogens (tertiary/aromatic N) is 1. The highest BCUT2D eigenvalue weighted by molar-refractivity contribution is 5.91. The van der Waals surface area contributed by atoms with Crippen LogP contribution in [0.2, 0.25) is 0 Å². The smallest absolute Gasteiger partial charge is 0.315 e. The van der Waals surface area contributed by atoms with Gasteiger partial charge in [-0.1, -0.05) is 19.1 Å². The average molecular weight is 414 g/mol. The molecule has 0 bridgehead atoms. The lowest BCUT2D eigenvalue weighted by atomic mass is 9.55. The van der Waals surface area contributed by atoms with Crippen LogP contribution in [-0.4, -0.2) is 55.6 Å². The van der Waals surface area contributed by atoms with Crippen molar-refractivity contribution in [2.45, 2.75) is 45.1 Å². The minimum Gasteiger partial charge on any atom is -0.462 e. The zero-order chi connectivity index (χ0) is 20.9. The first kappa shape index (κ1) is 19.9. The fourth-order valence-electron chi connectivity index (χ4n) is 6.59. The Kier molecular flexibility index (Phi) is 5.00. The summed E-state index contributed by atoms with van der Waals surface area (Å²) >= 11 is 0. The number of piperazine rings is 1. The van der Waals surface area contributed by atoms with Crippen molar-refractivity contribution >= 4 is 11.9 Å². The van der Waals surface area contributed by atoms with Crippen LogP contribution in [-0.2, 0) is 9.53 Å². The molecule has 30 heavy (non-hydrogen) atoms. The molecule has 1 aromatic heterocycles. The van der Waals surface area contributed by atoms with Gasteiger partial charge in [0.1, 0.15) is 12.0 Å². The van der Waals surface area contributed by atoms with Gasteiger partial charge in [0.25, 0.3) is 5.91 Å². The van der Waals surface area contributed by atoms with E-state index in [-0.39, 0.29) is 29.3 Å². The van der Waals surface area contributed by atoms with Gasteiger partial charge in [-0.25, -0.2) is 0 Å². The lowest BCUT2D eigenvalue weighted by Crippen LogP contribution is -3.15. The number of nitrogens with one attached hydrogen (secondary N) is 1. The Hall–Kier alpha value is -2.08. The number of rotatable bonds is 3. The van der Waals surface area contributed by atoms with E-state index in [0.717, 1.165) is 38.9 Å². The summed E-state index contributed by atoms with van der Waals surface area (Å²) in [5.41, 5.74) is 1.63. The van der Waals surface area contributed by atoms with Crippen molar-refractivity contribution in [3.8, 4) is 0 Å². The van der Waals surface area contributed by atoms with Crippen LogP contribution in [0.3, 0.4) is 0 Å². The Morgan fingerprint density at radius 1 is 1.37 bits per heavy atom. The molecule has 6 heteroatoms. The second-order valence-electron chi connectivity index (χ2n) is 10.1. The normalized spacial score (nSPS) is 36.9. The van der Waals surface area contributed by atoms with E-state index >= 15 is 0 Å². The maximum Gasteiger partial charge on any atom is 0.315 e. The van der Waals surface area contributed by atoms with Crippen LogP contribution < -0.4 is 4.90 Å². The number of esters is 1. The molecule has 0 aromatic carbocycles. The lowest BCUT2D eigenvalue weighted by Gasteiger charge is -2.50. The maximum atomic E-state index is 12.8. The third kappa shape index (κ3) is 3.39. The largest absolute Gasteiger partial charge is 0.462 e. The summed E-state index contributed by atoms with van der Waals surface area (Å²) in [5.74, 6) is 1.19. The Labute approximate surface area is 178 Å². The fraction of sp³-hybridized carbons (Fsp3) is 0.667. The summed E-state index contributed by atoms with van der Waals surface area (Å²) in [7, 11) is 0. The Morgan fingerprint density at radius 2 is 2.17 bits per heavy atom. The van der Waals surface area contributed by atoms with Gasteiger partial charge in [0.2, 0.25) is 0 Å². The van der Waals surface area contributed by atoms with E-state index in [1.54, 1.807) is 12.1 Å². The third-order valence-electron chi connectivity index (χ3n) is 8.32. The number of carbonyl (C=O) groups excluding carboxylic acids is 2. The highest BCUT2D eigenvalue weighted by atomic mass is 16.6. The zero-order valence-corrected chi connectivity index (χ0v) is 17.9. The summed E-state index contributed by atoms with van der Waals surface area (Å²) in [4.78, 5) is 28.5. The second kappa shape index (κ2) is 7.56. The molecule has 5 atom stereocenters. The van der Waals surface area contributed by atoms with Crippen molar-refractivity contribution in [3.63, 3.8) is 0 Å². The first-order valence-electron chi connectivity index (χ1n) is 11.5. The van der Waals surface area contributed by atoms with E-state index in [0.29, 0.717) is 30.7 Å². The molecule has 1 amide bonds. The number of amides is 1. The second-order valence-corrected chi connectivity index (χ2v) is 10.1. The molecule has 6 nitrogen and oxygen atoms in total. The molecule has 3 heterocycles. The van der Waals surface area contributed by atoms with Gasteiger partial charge in [-0.15, -0.1) is 0 Å². The number of ether oxygens (including phenoxy) is 1. The first-order valence-corrected chi connectivity index (χ1v) is 11.5. The summed E-state index contributed by atoms with van der Waals surface area (Å²) < 4.78 is 11.2. The van der Waals surface area contributed by atoms with Gasteiger partial charge in [-0.05, 0) is 55.6 Å². The van der Waals surface area contributed by atoms with Gasteiger partial charge < -0.3 is 19.0 Å². The van der Waals surface area contributed by atoms with Gasteiger partial charge in [-0.2, -0.15) is 0 Å². The minimum absolute atomic E-state index is 0.000509. The summed E-state index contributed by atoms with van der Waals surface area (Å²) in [6.45, 7) is 10.7. The number of carbonyl (C=O) groups is 2. The molecule has 4 fully saturated rings. The van der Waals surface area contributed by atoms with Crippen molar-refractivity contribution < 1.29 is 23.6 Å². The topological polar surface area (TPSA) is 64.2 Å². The van der Waals surface area contributed by atoms with E-state index in [2.05, 4.69) is 13.5 Å². The van der Waals surface area contributed by atoms with Crippen LogP contribution in [0, 0.1) is 23.2 Å². The SMILES string of the molecule is C=C1CCC[C@]2(C)C[C@H]3OC(=O)[C@H](C[NH+]4CCN(C(=O)c5ccco5)CC4)[C@H]3C[C@@H]12. The number of hydrogen-bond acceptors (Lipinski definition) is 4. The van der Waals surface area contributed by atoms with Crippen LogP contribution in [0.4, 0.5) is 0 Å². The minimum atomic E-state index is -0.0400. The molecular formula is C24H33N2O4+. The summed E-state index contributed by atoms with van der Waals surface area (Å²) in [5, 5.41) is 0. The maximum absolute atomic E-state index is 12.8. The lowest BCUT2D eigenvalue weighted by molar-refractivity contribution is -0.906. The van der Waals surface area contributed by atoms with Crippen LogP contribution in [0.25, 0.3) is 0 Å². The molecule has 1 aromatic rings. The van der Waals surface area contributed by atoms with Crippen molar-refractivity contribution in [1.29, 1.82) is 0 Å². The van der Waals surface area contributed by atoms with Gasteiger partial charge in [0.05, 0.1) is 39.0 Å². The molecule has 2 saturated carbocycles. The first-order chi connectivity index (χ1) is 14.4. The number of quaternary nitrogens is 1. The molecule has 0 radical (unpaired) electrons. The number of fused-ring (bicyclic) bond motifs is 2. The Bertz CT molecular complexity index is 826. The Balaban J connectivity index is 1.21. The standard InChI is InChI=1S/C24H32N2O4/c1-16-5-3-7-24(2)14-21-17(13-19(16)24)18(23(28)30-21)15-25-8-10-26(11-9-25)22(27)20-6-4-12-29-20/h4,6,12,17-19,21H,1,3,5,7-11,13-15H2,2H3/p+1/t17-,18-,19+,21-,24-/m1/s1. The van der Waals surface area contributed by atoms with Crippen molar-refractivity contribution in [2.24, 2.45) is 23.2 Å². The van der Waals surface area contributed by atoms with E-state index in [4.69, 9.17) is 9.15 Å². The molecule has 162 valence electrons. The van der Waals surface area contributed by atoms with E-state index in [1.807, 2.05) is 4.90 Å². The number of hydrogen-bond donors (Lipinski definition) is 1.